The summed E-state index contributed by atoms with van der Waals surface area (Å²) in [5.41, 5.74) is 4.02. The van der Waals surface area contributed by atoms with Gasteiger partial charge in [-0.15, -0.1) is 0 Å². The molecule has 2 rings (SSSR count). The Labute approximate surface area is 153 Å². The SMILES string of the molecule is CCOc1ccc(NCC(=O)N/N=C\c2ccc(OC)cc2OC)cc1. The molecule has 1 amide bonds. The van der Waals surface area contributed by atoms with Gasteiger partial charge in [0.25, 0.3) is 5.91 Å². The number of hydrogen-bond donors (Lipinski definition) is 2. The van der Waals surface area contributed by atoms with Crippen LogP contribution < -0.4 is 25.0 Å². The minimum absolute atomic E-state index is 0.102. The number of rotatable bonds is 9. The molecule has 2 aromatic rings. The molecule has 0 spiro atoms. The third-order valence-electron chi connectivity index (χ3n) is 3.45. The van der Waals surface area contributed by atoms with Crippen LogP contribution in [0.2, 0.25) is 0 Å². The predicted molar refractivity (Wildman–Crippen MR) is 101 cm³/mol. The number of methoxy groups -OCH3 is 2. The maximum atomic E-state index is 11.9. The number of amides is 1. The Morgan fingerprint density at radius 2 is 1.81 bits per heavy atom. The van der Waals surface area contributed by atoms with Gasteiger partial charge in [0, 0.05) is 17.3 Å². The molecule has 0 saturated carbocycles. The lowest BCUT2D eigenvalue weighted by Gasteiger charge is -2.08. The number of carbonyl (C=O) groups is 1. The Kier molecular flexibility index (Phi) is 7.30. The third kappa shape index (κ3) is 5.70. The maximum absolute atomic E-state index is 11.9. The second kappa shape index (κ2) is 9.93. The van der Waals surface area contributed by atoms with Crippen LogP contribution in [0.15, 0.2) is 47.6 Å². The first-order valence-electron chi connectivity index (χ1n) is 8.17. The number of hydrazone groups is 1. The molecule has 7 nitrogen and oxygen atoms in total. The first-order valence-corrected chi connectivity index (χ1v) is 8.17. The van der Waals surface area contributed by atoms with Gasteiger partial charge in [0.2, 0.25) is 0 Å². The summed E-state index contributed by atoms with van der Waals surface area (Å²) < 4.78 is 15.8. The van der Waals surface area contributed by atoms with Gasteiger partial charge in [-0.05, 0) is 43.3 Å². The summed E-state index contributed by atoms with van der Waals surface area (Å²) in [6.07, 6.45) is 1.52. The minimum atomic E-state index is -0.261. The van der Waals surface area contributed by atoms with Crippen molar-refractivity contribution in [2.45, 2.75) is 6.92 Å². The number of nitrogens with zero attached hydrogens (tertiary/aromatic N) is 1. The van der Waals surface area contributed by atoms with Gasteiger partial charge in [0.05, 0.1) is 33.6 Å². The van der Waals surface area contributed by atoms with Gasteiger partial charge in [-0.2, -0.15) is 5.10 Å². The normalized spacial score (nSPS) is 10.4. The number of benzene rings is 2. The molecular weight excluding hydrogens is 334 g/mol. The number of ether oxygens (including phenoxy) is 3. The van der Waals surface area contributed by atoms with Gasteiger partial charge in [0.15, 0.2) is 0 Å². The molecular formula is C19H23N3O4. The van der Waals surface area contributed by atoms with E-state index in [4.69, 9.17) is 14.2 Å². The van der Waals surface area contributed by atoms with Gasteiger partial charge in [-0.1, -0.05) is 0 Å². The van der Waals surface area contributed by atoms with Crippen molar-refractivity contribution in [1.29, 1.82) is 0 Å². The first-order chi connectivity index (χ1) is 12.7. The largest absolute Gasteiger partial charge is 0.497 e. The molecule has 138 valence electrons. The molecule has 0 aliphatic rings. The standard InChI is InChI=1S/C19H23N3O4/c1-4-26-16-9-6-15(7-10-16)20-13-19(23)22-21-12-14-5-8-17(24-2)11-18(14)25-3/h5-12,20H,4,13H2,1-3H3,(H,22,23)/b21-12-. The molecule has 0 aliphatic carbocycles. The van der Waals surface area contributed by atoms with E-state index in [-0.39, 0.29) is 12.5 Å². The summed E-state index contributed by atoms with van der Waals surface area (Å²) in [6.45, 7) is 2.65. The van der Waals surface area contributed by atoms with E-state index < -0.39 is 0 Å². The Balaban J connectivity index is 1.83. The summed E-state index contributed by atoms with van der Waals surface area (Å²) in [7, 11) is 3.14. The fourth-order valence-electron chi connectivity index (χ4n) is 2.16. The second-order valence-corrected chi connectivity index (χ2v) is 5.21. The molecule has 2 N–H and O–H groups in total. The number of nitrogens with one attached hydrogen (secondary N) is 2. The molecule has 26 heavy (non-hydrogen) atoms. The molecule has 7 heteroatoms. The van der Waals surface area contributed by atoms with E-state index in [0.717, 1.165) is 17.0 Å². The van der Waals surface area contributed by atoms with Crippen LogP contribution >= 0.6 is 0 Å². The van der Waals surface area contributed by atoms with Crippen LogP contribution in [0, 0.1) is 0 Å². The molecule has 0 heterocycles. The Morgan fingerprint density at radius 3 is 2.46 bits per heavy atom. The summed E-state index contributed by atoms with van der Waals surface area (Å²) in [5.74, 6) is 1.82. The van der Waals surface area contributed by atoms with Gasteiger partial charge >= 0.3 is 0 Å². The summed E-state index contributed by atoms with van der Waals surface area (Å²) in [5, 5.41) is 6.97. The van der Waals surface area contributed by atoms with E-state index >= 15 is 0 Å². The van der Waals surface area contributed by atoms with Crippen molar-refractivity contribution < 1.29 is 19.0 Å². The number of carbonyl (C=O) groups excluding carboxylic acids is 1. The van der Waals surface area contributed by atoms with Crippen LogP contribution in [0.5, 0.6) is 17.2 Å². The summed E-state index contributed by atoms with van der Waals surface area (Å²) in [6, 6.07) is 12.7. The van der Waals surface area contributed by atoms with Crippen LogP contribution in [0.4, 0.5) is 5.69 Å². The van der Waals surface area contributed by atoms with E-state index in [0.29, 0.717) is 18.1 Å². The highest BCUT2D eigenvalue weighted by Gasteiger charge is 2.04. The Bertz CT molecular complexity index is 745. The predicted octanol–water partition coefficient (Wildman–Crippen LogP) is 2.66. The topological polar surface area (TPSA) is 81.2 Å². The average molecular weight is 357 g/mol. The fraction of sp³-hybridized carbons (Fsp3) is 0.263. The lowest BCUT2D eigenvalue weighted by atomic mass is 10.2. The van der Waals surface area contributed by atoms with Crippen LogP contribution in [0.25, 0.3) is 0 Å². The van der Waals surface area contributed by atoms with Gasteiger partial charge in [0.1, 0.15) is 17.2 Å². The quantitative estimate of drug-likeness (QED) is 0.533. The van der Waals surface area contributed by atoms with Crippen molar-refractivity contribution in [3.05, 3.63) is 48.0 Å². The summed E-state index contributed by atoms with van der Waals surface area (Å²) >= 11 is 0. The zero-order chi connectivity index (χ0) is 18.8. The summed E-state index contributed by atoms with van der Waals surface area (Å²) in [4.78, 5) is 11.9. The van der Waals surface area contributed by atoms with Crippen molar-refractivity contribution in [2.75, 3.05) is 32.7 Å². The van der Waals surface area contributed by atoms with E-state index in [1.165, 1.54) is 6.21 Å². The third-order valence-corrected chi connectivity index (χ3v) is 3.45. The average Bonchev–Trinajstić information content (AvgIpc) is 2.68. The highest BCUT2D eigenvalue weighted by molar-refractivity contribution is 5.86. The number of anilines is 1. The highest BCUT2D eigenvalue weighted by atomic mass is 16.5. The molecule has 0 bridgehead atoms. The minimum Gasteiger partial charge on any atom is -0.497 e. The Morgan fingerprint density at radius 1 is 1.08 bits per heavy atom. The van der Waals surface area contributed by atoms with E-state index in [1.54, 1.807) is 32.4 Å². The number of hydrogen-bond acceptors (Lipinski definition) is 6. The van der Waals surface area contributed by atoms with Crippen LogP contribution in [0.1, 0.15) is 12.5 Å². The lowest BCUT2D eigenvalue weighted by molar-refractivity contribution is -0.119. The van der Waals surface area contributed by atoms with E-state index in [9.17, 15) is 4.79 Å². The van der Waals surface area contributed by atoms with Crippen LogP contribution in [-0.4, -0.2) is 39.5 Å². The Hall–Kier alpha value is -3.22. The van der Waals surface area contributed by atoms with Crippen molar-refractivity contribution in [1.82, 2.24) is 5.43 Å². The zero-order valence-corrected chi connectivity index (χ0v) is 15.1. The van der Waals surface area contributed by atoms with Crippen molar-refractivity contribution in [3.63, 3.8) is 0 Å². The molecule has 0 fully saturated rings. The molecule has 0 aliphatic heterocycles. The van der Waals surface area contributed by atoms with Gasteiger partial charge in [-0.25, -0.2) is 5.43 Å². The molecule has 2 aromatic carbocycles. The smallest absolute Gasteiger partial charge is 0.259 e. The maximum Gasteiger partial charge on any atom is 0.259 e. The molecule has 0 unspecified atom stereocenters. The van der Waals surface area contributed by atoms with Gasteiger partial charge in [-0.3, -0.25) is 4.79 Å². The molecule has 0 saturated heterocycles. The van der Waals surface area contributed by atoms with Crippen LogP contribution in [-0.2, 0) is 4.79 Å². The van der Waals surface area contributed by atoms with Crippen molar-refractivity contribution in [3.8, 4) is 17.2 Å². The molecule has 0 aromatic heterocycles. The van der Waals surface area contributed by atoms with Crippen molar-refractivity contribution >= 4 is 17.8 Å². The van der Waals surface area contributed by atoms with E-state index in [1.807, 2.05) is 31.2 Å². The molecule has 0 radical (unpaired) electrons. The van der Waals surface area contributed by atoms with E-state index in [2.05, 4.69) is 15.8 Å². The van der Waals surface area contributed by atoms with Crippen molar-refractivity contribution in [2.24, 2.45) is 5.10 Å². The van der Waals surface area contributed by atoms with Crippen LogP contribution in [0.3, 0.4) is 0 Å². The zero-order valence-electron chi connectivity index (χ0n) is 15.1. The highest BCUT2D eigenvalue weighted by Crippen LogP contribution is 2.23. The monoisotopic (exact) mass is 357 g/mol. The first kappa shape index (κ1) is 19.1. The van der Waals surface area contributed by atoms with Gasteiger partial charge < -0.3 is 19.5 Å². The second-order valence-electron chi connectivity index (χ2n) is 5.21. The fourth-order valence-corrected chi connectivity index (χ4v) is 2.16. The lowest BCUT2D eigenvalue weighted by Crippen LogP contribution is -2.25. The molecule has 0 atom stereocenters.